The maximum Gasteiger partial charge on any atom is 0.163 e. The highest BCUT2D eigenvalue weighted by molar-refractivity contribution is 5.76. The molecule has 0 radical (unpaired) electrons. The Balaban J connectivity index is 1.48. The fourth-order valence-corrected chi connectivity index (χ4v) is 3.63. The van der Waals surface area contributed by atoms with Gasteiger partial charge in [0.05, 0.1) is 22.8 Å². The van der Waals surface area contributed by atoms with Crippen LogP contribution in [0.2, 0.25) is 0 Å². The first kappa shape index (κ1) is 13.6. The van der Waals surface area contributed by atoms with E-state index in [2.05, 4.69) is 44.8 Å². The average molecular weight is 315 g/mol. The largest absolute Gasteiger partial charge is 0.365 e. The summed E-state index contributed by atoms with van der Waals surface area (Å²) in [6, 6.07) is 14.9. The van der Waals surface area contributed by atoms with Gasteiger partial charge in [-0.3, -0.25) is 0 Å². The first-order chi connectivity index (χ1) is 11.8. The Morgan fingerprint density at radius 1 is 1.08 bits per heavy atom. The minimum atomic E-state index is 0.416. The van der Waals surface area contributed by atoms with Crippen LogP contribution in [-0.2, 0) is 0 Å². The molecule has 2 aromatic heterocycles. The molecule has 1 aromatic carbocycles. The highest BCUT2D eigenvalue weighted by Gasteiger charge is 2.36. The molecule has 2 fully saturated rings. The van der Waals surface area contributed by atoms with E-state index < -0.39 is 0 Å². The van der Waals surface area contributed by atoms with Crippen LogP contribution < -0.4 is 4.90 Å². The lowest BCUT2D eigenvalue weighted by Crippen LogP contribution is -2.48. The van der Waals surface area contributed by atoms with E-state index in [0.717, 1.165) is 24.3 Å². The van der Waals surface area contributed by atoms with Crippen molar-refractivity contribution in [2.45, 2.75) is 24.8 Å². The lowest BCUT2D eigenvalue weighted by molar-refractivity contribution is 0.397. The molecule has 0 N–H and O–H groups in total. The number of aromatic nitrogens is 3. The summed E-state index contributed by atoms with van der Waals surface area (Å²) in [5.41, 5.74) is 3.77. The van der Waals surface area contributed by atoms with Gasteiger partial charge < -0.3 is 9.47 Å². The van der Waals surface area contributed by atoms with Crippen LogP contribution >= 0.6 is 0 Å². The number of hydrogen-bond acceptors (Lipinski definition) is 4. The number of fused-ring (bicyclic) bond motifs is 1. The maximum atomic E-state index is 9.25. The van der Waals surface area contributed by atoms with E-state index in [4.69, 9.17) is 4.98 Å². The van der Waals surface area contributed by atoms with E-state index in [9.17, 15) is 5.26 Å². The fraction of sp³-hybridized carbons (Fsp3) is 0.316. The fourth-order valence-electron chi connectivity index (χ4n) is 3.63. The molecule has 5 nitrogen and oxygen atoms in total. The molecule has 2 aliphatic rings. The Morgan fingerprint density at radius 2 is 1.92 bits per heavy atom. The third-order valence-electron chi connectivity index (χ3n) is 5.03. The Labute approximate surface area is 140 Å². The molecule has 118 valence electrons. The number of anilines is 1. The summed E-state index contributed by atoms with van der Waals surface area (Å²) in [5.74, 6) is 1.87. The van der Waals surface area contributed by atoms with Gasteiger partial charge in [0.25, 0.3) is 0 Å². The van der Waals surface area contributed by atoms with Crippen LogP contribution in [0.3, 0.4) is 0 Å². The van der Waals surface area contributed by atoms with Crippen molar-refractivity contribution in [2.75, 3.05) is 18.0 Å². The third kappa shape index (κ3) is 2.00. The van der Waals surface area contributed by atoms with Gasteiger partial charge in [-0.15, -0.1) is 0 Å². The summed E-state index contributed by atoms with van der Waals surface area (Å²) in [6.45, 7) is 1.81. The monoisotopic (exact) mass is 315 g/mol. The molecule has 5 heteroatoms. The van der Waals surface area contributed by atoms with Gasteiger partial charge in [0.2, 0.25) is 0 Å². The molecule has 0 amide bonds. The van der Waals surface area contributed by atoms with Crippen molar-refractivity contribution in [3.8, 4) is 6.07 Å². The van der Waals surface area contributed by atoms with E-state index >= 15 is 0 Å². The zero-order chi connectivity index (χ0) is 16.1. The molecule has 1 saturated heterocycles. The summed E-state index contributed by atoms with van der Waals surface area (Å²) in [7, 11) is 0. The number of imidazole rings is 1. The van der Waals surface area contributed by atoms with Crippen LogP contribution in [0.4, 0.5) is 5.69 Å². The lowest BCUT2D eigenvalue weighted by atomic mass is 10.1. The lowest BCUT2D eigenvalue weighted by Gasteiger charge is -2.42. The Hall–Kier alpha value is -2.87. The number of hydrogen-bond donors (Lipinski definition) is 0. The van der Waals surface area contributed by atoms with Crippen molar-refractivity contribution >= 4 is 16.7 Å². The SMILES string of the molecule is N#Cc1ncccc1N1CC(n2c(C3CC3)nc3ccccc32)C1. The number of rotatable bonds is 3. The molecule has 1 aliphatic carbocycles. The Kier molecular flexibility index (Phi) is 2.86. The van der Waals surface area contributed by atoms with Gasteiger partial charge in [-0.05, 0) is 37.1 Å². The van der Waals surface area contributed by atoms with Crippen molar-refractivity contribution in [2.24, 2.45) is 0 Å². The van der Waals surface area contributed by atoms with Crippen LogP contribution in [0.1, 0.15) is 36.3 Å². The topological polar surface area (TPSA) is 57.7 Å². The van der Waals surface area contributed by atoms with Gasteiger partial charge in [0.1, 0.15) is 11.9 Å². The van der Waals surface area contributed by atoms with E-state index in [1.54, 1.807) is 6.20 Å². The highest BCUT2D eigenvalue weighted by atomic mass is 15.3. The number of nitrogens with zero attached hydrogens (tertiary/aromatic N) is 5. The first-order valence-corrected chi connectivity index (χ1v) is 8.42. The Morgan fingerprint density at radius 3 is 2.71 bits per heavy atom. The molecule has 0 spiro atoms. The summed E-state index contributed by atoms with van der Waals surface area (Å²) in [6.07, 6.45) is 4.18. The van der Waals surface area contributed by atoms with E-state index in [1.807, 2.05) is 12.1 Å². The van der Waals surface area contributed by atoms with Crippen molar-refractivity contribution < 1.29 is 0 Å². The molecular weight excluding hydrogens is 298 g/mol. The second-order valence-electron chi connectivity index (χ2n) is 6.64. The minimum absolute atomic E-state index is 0.416. The summed E-state index contributed by atoms with van der Waals surface area (Å²) in [5, 5.41) is 9.25. The molecule has 1 saturated carbocycles. The smallest absolute Gasteiger partial charge is 0.163 e. The maximum absolute atomic E-state index is 9.25. The van der Waals surface area contributed by atoms with E-state index in [1.165, 1.54) is 24.2 Å². The van der Waals surface area contributed by atoms with Crippen molar-refractivity contribution in [3.63, 3.8) is 0 Å². The van der Waals surface area contributed by atoms with Gasteiger partial charge in [0.15, 0.2) is 5.69 Å². The Bertz CT molecular complexity index is 957. The average Bonchev–Trinajstić information content (AvgIpc) is 3.36. The highest BCUT2D eigenvalue weighted by Crippen LogP contribution is 2.43. The minimum Gasteiger partial charge on any atom is -0.365 e. The van der Waals surface area contributed by atoms with E-state index in [0.29, 0.717) is 17.7 Å². The number of nitriles is 1. The van der Waals surface area contributed by atoms with Crippen LogP contribution in [0.25, 0.3) is 11.0 Å². The normalized spacial score (nSPS) is 17.7. The van der Waals surface area contributed by atoms with Gasteiger partial charge in [-0.25, -0.2) is 9.97 Å². The third-order valence-corrected chi connectivity index (χ3v) is 5.03. The van der Waals surface area contributed by atoms with Gasteiger partial charge in [0, 0.05) is 25.2 Å². The molecular formula is C19H17N5. The van der Waals surface area contributed by atoms with Crippen LogP contribution in [-0.4, -0.2) is 27.6 Å². The molecule has 1 aliphatic heterocycles. The number of benzene rings is 1. The van der Waals surface area contributed by atoms with Crippen molar-refractivity contribution in [1.82, 2.24) is 14.5 Å². The summed E-state index contributed by atoms with van der Waals surface area (Å²) >= 11 is 0. The second kappa shape index (κ2) is 5.07. The molecule has 0 atom stereocenters. The number of para-hydroxylation sites is 2. The standard InChI is InChI=1S/C19H17N5/c20-10-16-17(6-3-9-21-16)23-11-14(12-23)24-18-5-2-1-4-15(18)22-19(24)13-7-8-13/h1-6,9,13-14H,7-8,11-12H2. The van der Waals surface area contributed by atoms with Crippen LogP contribution in [0.5, 0.6) is 0 Å². The predicted molar refractivity (Wildman–Crippen MR) is 91.9 cm³/mol. The van der Waals surface area contributed by atoms with Crippen molar-refractivity contribution in [3.05, 3.63) is 54.1 Å². The summed E-state index contributed by atoms with van der Waals surface area (Å²) < 4.78 is 2.44. The van der Waals surface area contributed by atoms with Gasteiger partial charge >= 0.3 is 0 Å². The van der Waals surface area contributed by atoms with E-state index in [-0.39, 0.29) is 0 Å². The molecule has 24 heavy (non-hydrogen) atoms. The first-order valence-electron chi connectivity index (χ1n) is 8.42. The predicted octanol–water partition coefficient (Wildman–Crippen LogP) is 3.24. The van der Waals surface area contributed by atoms with Gasteiger partial charge in [-0.1, -0.05) is 12.1 Å². The molecule has 5 rings (SSSR count). The summed E-state index contributed by atoms with van der Waals surface area (Å²) in [4.78, 5) is 11.3. The van der Waals surface area contributed by atoms with Crippen LogP contribution in [0, 0.1) is 11.3 Å². The van der Waals surface area contributed by atoms with Gasteiger partial charge in [-0.2, -0.15) is 5.26 Å². The molecule has 0 bridgehead atoms. The zero-order valence-electron chi connectivity index (χ0n) is 13.3. The van der Waals surface area contributed by atoms with Crippen LogP contribution in [0.15, 0.2) is 42.6 Å². The second-order valence-corrected chi connectivity index (χ2v) is 6.64. The molecule has 3 heterocycles. The zero-order valence-corrected chi connectivity index (χ0v) is 13.3. The molecule has 0 unspecified atom stereocenters. The quantitative estimate of drug-likeness (QED) is 0.744. The van der Waals surface area contributed by atoms with Crippen molar-refractivity contribution in [1.29, 1.82) is 5.26 Å². The number of pyridine rings is 1. The molecule has 3 aromatic rings.